The standard InChI is InChI=1S/C18H21N3O3S/c1-20-17(23)14(16(22)19-18(20)25)10-12-6-7-13(11-15(12)24-2)21-8-4-3-5-9-21/h6-7,10-11H,3-5,8-9H2,1-2H3,(H,19,22,25)/b14-10+. The second-order valence-corrected chi connectivity index (χ2v) is 6.54. The maximum absolute atomic E-state index is 12.3. The number of carbonyl (C=O) groups is 2. The molecule has 6 nitrogen and oxygen atoms in total. The van der Waals surface area contributed by atoms with Crippen molar-refractivity contribution in [3.63, 3.8) is 0 Å². The van der Waals surface area contributed by atoms with Crippen molar-refractivity contribution in [2.24, 2.45) is 0 Å². The molecule has 0 saturated carbocycles. The summed E-state index contributed by atoms with van der Waals surface area (Å²) in [6.07, 6.45) is 5.20. The van der Waals surface area contributed by atoms with E-state index in [0.29, 0.717) is 11.3 Å². The van der Waals surface area contributed by atoms with Crippen molar-refractivity contribution in [3.05, 3.63) is 29.3 Å². The number of carbonyl (C=O) groups excluding carboxylic acids is 2. The Kier molecular flexibility index (Phi) is 5.03. The second-order valence-electron chi connectivity index (χ2n) is 6.16. The van der Waals surface area contributed by atoms with Gasteiger partial charge in [-0.2, -0.15) is 0 Å². The summed E-state index contributed by atoms with van der Waals surface area (Å²) in [5.41, 5.74) is 1.82. The Morgan fingerprint density at radius 1 is 1.20 bits per heavy atom. The zero-order chi connectivity index (χ0) is 18.0. The Hall–Kier alpha value is -2.41. The second kappa shape index (κ2) is 7.23. The summed E-state index contributed by atoms with van der Waals surface area (Å²) in [6.45, 7) is 2.07. The van der Waals surface area contributed by atoms with E-state index in [1.54, 1.807) is 13.2 Å². The van der Waals surface area contributed by atoms with Crippen molar-refractivity contribution in [3.8, 4) is 5.75 Å². The monoisotopic (exact) mass is 359 g/mol. The first kappa shape index (κ1) is 17.4. The minimum absolute atomic E-state index is 0.0418. The lowest BCUT2D eigenvalue weighted by molar-refractivity contribution is -0.128. The van der Waals surface area contributed by atoms with Gasteiger partial charge in [-0.15, -0.1) is 0 Å². The number of piperidine rings is 1. The van der Waals surface area contributed by atoms with Crippen molar-refractivity contribution in [2.45, 2.75) is 19.3 Å². The maximum atomic E-state index is 12.3. The molecule has 3 rings (SSSR count). The summed E-state index contributed by atoms with van der Waals surface area (Å²) in [5, 5.41) is 2.62. The third kappa shape index (κ3) is 3.51. The van der Waals surface area contributed by atoms with Gasteiger partial charge in [0.2, 0.25) is 0 Å². The fourth-order valence-corrected chi connectivity index (χ4v) is 3.24. The van der Waals surface area contributed by atoms with Crippen molar-refractivity contribution >= 4 is 40.9 Å². The molecule has 0 bridgehead atoms. The van der Waals surface area contributed by atoms with Gasteiger partial charge >= 0.3 is 0 Å². The summed E-state index contributed by atoms with van der Waals surface area (Å²) < 4.78 is 5.48. The van der Waals surface area contributed by atoms with Crippen LogP contribution >= 0.6 is 12.2 Å². The van der Waals surface area contributed by atoms with Gasteiger partial charge in [0.1, 0.15) is 11.3 Å². The number of hydrogen-bond acceptors (Lipinski definition) is 5. The van der Waals surface area contributed by atoms with Gasteiger partial charge in [0.25, 0.3) is 11.8 Å². The van der Waals surface area contributed by atoms with Gasteiger partial charge in [-0.1, -0.05) is 0 Å². The fourth-order valence-electron chi connectivity index (χ4n) is 3.07. The quantitative estimate of drug-likeness (QED) is 0.508. The van der Waals surface area contributed by atoms with E-state index in [1.165, 1.54) is 31.2 Å². The fraction of sp³-hybridized carbons (Fsp3) is 0.389. The highest BCUT2D eigenvalue weighted by atomic mass is 32.1. The summed E-state index contributed by atoms with van der Waals surface area (Å²) in [6, 6.07) is 5.83. The third-order valence-electron chi connectivity index (χ3n) is 4.54. The number of rotatable bonds is 3. The van der Waals surface area contributed by atoms with E-state index in [2.05, 4.69) is 10.2 Å². The Labute approximate surface area is 152 Å². The molecule has 0 spiro atoms. The van der Waals surface area contributed by atoms with Gasteiger partial charge < -0.3 is 9.64 Å². The van der Waals surface area contributed by atoms with Crippen LogP contribution in [0.5, 0.6) is 5.75 Å². The Morgan fingerprint density at radius 2 is 1.92 bits per heavy atom. The average Bonchev–Trinajstić information content (AvgIpc) is 2.64. The van der Waals surface area contributed by atoms with Gasteiger partial charge in [0, 0.05) is 37.5 Å². The first-order valence-corrected chi connectivity index (χ1v) is 8.70. The summed E-state index contributed by atoms with van der Waals surface area (Å²) in [4.78, 5) is 28.0. The molecular weight excluding hydrogens is 338 g/mol. The Balaban J connectivity index is 1.92. The Bertz CT molecular complexity index is 754. The summed E-state index contributed by atoms with van der Waals surface area (Å²) in [7, 11) is 3.12. The smallest absolute Gasteiger partial charge is 0.265 e. The maximum Gasteiger partial charge on any atom is 0.265 e. The lowest BCUT2D eigenvalue weighted by Gasteiger charge is -2.29. The number of hydrogen-bond donors (Lipinski definition) is 1. The van der Waals surface area contributed by atoms with E-state index in [9.17, 15) is 9.59 Å². The average molecular weight is 359 g/mol. The highest BCUT2D eigenvalue weighted by Crippen LogP contribution is 2.29. The van der Waals surface area contributed by atoms with Gasteiger partial charge in [-0.3, -0.25) is 19.8 Å². The predicted octanol–water partition coefficient (Wildman–Crippen LogP) is 1.94. The number of anilines is 1. The zero-order valence-corrected chi connectivity index (χ0v) is 15.2. The molecule has 1 aromatic carbocycles. The van der Waals surface area contributed by atoms with Gasteiger partial charge in [-0.25, -0.2) is 0 Å². The van der Waals surface area contributed by atoms with Gasteiger partial charge in [0.15, 0.2) is 5.11 Å². The van der Waals surface area contributed by atoms with Crippen molar-refractivity contribution in [1.29, 1.82) is 0 Å². The molecule has 132 valence electrons. The number of methoxy groups -OCH3 is 1. The third-order valence-corrected chi connectivity index (χ3v) is 4.92. The molecule has 1 N–H and O–H groups in total. The summed E-state index contributed by atoms with van der Waals surface area (Å²) in [5.74, 6) is -0.279. The molecule has 2 amide bonds. The first-order valence-electron chi connectivity index (χ1n) is 8.29. The molecular formula is C18H21N3O3S. The largest absolute Gasteiger partial charge is 0.496 e. The number of amides is 2. The van der Waals surface area contributed by atoms with Crippen LogP contribution in [-0.4, -0.2) is 49.1 Å². The van der Waals surface area contributed by atoms with E-state index >= 15 is 0 Å². The number of benzene rings is 1. The molecule has 0 aliphatic carbocycles. The normalized spacial score (nSPS) is 20.1. The lowest BCUT2D eigenvalue weighted by atomic mass is 10.0. The number of likely N-dealkylation sites (N-methyl/N-ethyl adjacent to an activating group) is 1. The lowest BCUT2D eigenvalue weighted by Crippen LogP contribution is -2.52. The molecule has 0 unspecified atom stereocenters. The first-order chi connectivity index (χ1) is 12.0. The highest BCUT2D eigenvalue weighted by Gasteiger charge is 2.31. The van der Waals surface area contributed by atoms with Crippen LogP contribution in [-0.2, 0) is 9.59 Å². The SMILES string of the molecule is COc1cc(N2CCCCC2)ccc1/C=C1\C(=O)NC(=S)N(C)C1=O. The molecule has 0 radical (unpaired) electrons. The molecule has 2 fully saturated rings. The van der Waals surface area contributed by atoms with Crippen LogP contribution in [0.3, 0.4) is 0 Å². The van der Waals surface area contributed by atoms with Crippen molar-refractivity contribution in [2.75, 3.05) is 32.1 Å². The molecule has 0 aromatic heterocycles. The van der Waals surface area contributed by atoms with E-state index in [1.807, 2.05) is 18.2 Å². The molecule has 2 saturated heterocycles. The van der Waals surface area contributed by atoms with Crippen LogP contribution in [0.4, 0.5) is 5.69 Å². The van der Waals surface area contributed by atoms with Crippen LogP contribution in [0.2, 0.25) is 0 Å². The van der Waals surface area contributed by atoms with Gasteiger partial charge in [0.05, 0.1) is 7.11 Å². The highest BCUT2D eigenvalue weighted by molar-refractivity contribution is 7.80. The van der Waals surface area contributed by atoms with Gasteiger partial charge in [-0.05, 0) is 49.7 Å². The van der Waals surface area contributed by atoms with Crippen LogP contribution in [0.25, 0.3) is 6.08 Å². The van der Waals surface area contributed by atoms with Crippen molar-refractivity contribution in [1.82, 2.24) is 10.2 Å². The minimum atomic E-state index is -0.490. The molecule has 2 aliphatic rings. The van der Waals surface area contributed by atoms with E-state index in [4.69, 9.17) is 17.0 Å². The van der Waals surface area contributed by atoms with Crippen LogP contribution < -0.4 is 15.0 Å². The topological polar surface area (TPSA) is 61.9 Å². The molecule has 7 heteroatoms. The van der Waals surface area contributed by atoms with E-state index in [0.717, 1.165) is 18.8 Å². The number of ether oxygens (including phenoxy) is 1. The van der Waals surface area contributed by atoms with Crippen molar-refractivity contribution < 1.29 is 14.3 Å². The predicted molar refractivity (Wildman–Crippen MR) is 101 cm³/mol. The number of thiocarbonyl (C=S) groups is 1. The Morgan fingerprint density at radius 3 is 2.60 bits per heavy atom. The molecule has 2 aliphatic heterocycles. The number of nitrogens with zero attached hydrogens (tertiary/aromatic N) is 2. The molecule has 2 heterocycles. The molecule has 0 atom stereocenters. The molecule has 1 aromatic rings. The van der Waals surface area contributed by atoms with E-state index in [-0.39, 0.29) is 10.7 Å². The van der Waals surface area contributed by atoms with Crippen LogP contribution in [0.15, 0.2) is 23.8 Å². The van der Waals surface area contributed by atoms with Crippen LogP contribution in [0.1, 0.15) is 24.8 Å². The number of nitrogens with one attached hydrogen (secondary N) is 1. The minimum Gasteiger partial charge on any atom is -0.496 e. The molecule has 25 heavy (non-hydrogen) atoms. The zero-order valence-electron chi connectivity index (χ0n) is 14.4. The van der Waals surface area contributed by atoms with Crippen LogP contribution in [0, 0.1) is 0 Å². The van der Waals surface area contributed by atoms with E-state index < -0.39 is 11.8 Å². The summed E-state index contributed by atoms with van der Waals surface area (Å²) >= 11 is 4.95.